The molecule has 2 unspecified atom stereocenters. The average molecular weight is 770 g/mol. The SMILES string of the molecule is CCCCCC/C=C\C/C=C\CCCCCCCC(=O)OC(COCCCCCCCC/C=C\CCCCCCC)COP(=O)([O-])OCC[N+](C)(C)C. The Morgan fingerprint density at radius 2 is 1.04 bits per heavy atom. The van der Waals surface area contributed by atoms with Crippen LogP contribution in [0.5, 0.6) is 0 Å². The predicted octanol–water partition coefficient (Wildman–Crippen LogP) is 12.0. The summed E-state index contributed by atoms with van der Waals surface area (Å²) in [5, 5.41) is 0. The molecule has 0 aliphatic rings. The van der Waals surface area contributed by atoms with Crippen LogP contribution in [0.3, 0.4) is 0 Å². The van der Waals surface area contributed by atoms with Gasteiger partial charge in [-0.3, -0.25) is 9.36 Å². The van der Waals surface area contributed by atoms with E-state index in [1.54, 1.807) is 0 Å². The number of hydrogen-bond acceptors (Lipinski definition) is 7. The zero-order valence-corrected chi connectivity index (χ0v) is 36.1. The van der Waals surface area contributed by atoms with Crippen LogP contribution in [0.25, 0.3) is 0 Å². The molecule has 53 heavy (non-hydrogen) atoms. The van der Waals surface area contributed by atoms with Crippen LogP contribution in [0.1, 0.15) is 181 Å². The number of phosphoric acid groups is 1. The number of unbranched alkanes of at least 4 members (excludes halogenated alkanes) is 20. The molecule has 0 saturated heterocycles. The number of hydrogen-bond donors (Lipinski definition) is 0. The van der Waals surface area contributed by atoms with E-state index in [0.29, 0.717) is 24.1 Å². The highest BCUT2D eigenvalue weighted by atomic mass is 31.2. The van der Waals surface area contributed by atoms with Gasteiger partial charge in [0, 0.05) is 13.0 Å². The van der Waals surface area contributed by atoms with Crippen LogP contribution in [0, 0.1) is 0 Å². The summed E-state index contributed by atoms with van der Waals surface area (Å²) in [6, 6.07) is 0. The van der Waals surface area contributed by atoms with E-state index in [1.807, 2.05) is 21.1 Å². The highest BCUT2D eigenvalue weighted by Gasteiger charge is 2.20. The highest BCUT2D eigenvalue weighted by Crippen LogP contribution is 2.38. The molecule has 312 valence electrons. The van der Waals surface area contributed by atoms with Gasteiger partial charge in [0.15, 0.2) is 0 Å². The van der Waals surface area contributed by atoms with Gasteiger partial charge in [-0.1, -0.05) is 140 Å². The third kappa shape index (κ3) is 41.7. The molecular formula is C44H84NO7P. The first kappa shape index (κ1) is 51.7. The Kier molecular flexibility index (Phi) is 36.7. The summed E-state index contributed by atoms with van der Waals surface area (Å²) >= 11 is 0. The topological polar surface area (TPSA) is 94.1 Å². The molecule has 0 bridgehead atoms. The fourth-order valence-corrected chi connectivity index (χ4v) is 6.47. The Balaban J connectivity index is 4.28. The van der Waals surface area contributed by atoms with Crippen LogP contribution < -0.4 is 4.89 Å². The van der Waals surface area contributed by atoms with Crippen LogP contribution >= 0.6 is 7.82 Å². The number of carbonyl (C=O) groups excluding carboxylic acids is 1. The van der Waals surface area contributed by atoms with Crippen LogP contribution in [-0.2, 0) is 27.9 Å². The summed E-state index contributed by atoms with van der Waals surface area (Å²) < 4.78 is 34.5. The molecule has 0 rings (SSSR count). The quantitative estimate of drug-likeness (QED) is 0.0201. The van der Waals surface area contributed by atoms with Gasteiger partial charge in [-0.05, 0) is 70.6 Å². The van der Waals surface area contributed by atoms with Gasteiger partial charge < -0.3 is 27.9 Å². The molecule has 0 aromatic carbocycles. The third-order valence-electron chi connectivity index (χ3n) is 9.16. The van der Waals surface area contributed by atoms with Crippen molar-refractivity contribution >= 4 is 13.8 Å². The molecule has 0 radical (unpaired) electrons. The summed E-state index contributed by atoms with van der Waals surface area (Å²) in [4.78, 5) is 25.0. The smallest absolute Gasteiger partial charge is 0.306 e. The Hall–Kier alpha value is -1.28. The second-order valence-electron chi connectivity index (χ2n) is 15.7. The molecule has 0 heterocycles. The van der Waals surface area contributed by atoms with Crippen molar-refractivity contribution in [2.45, 2.75) is 187 Å². The lowest BCUT2D eigenvalue weighted by Crippen LogP contribution is -2.37. The van der Waals surface area contributed by atoms with Crippen LogP contribution in [0.4, 0.5) is 0 Å². The fraction of sp³-hybridized carbons (Fsp3) is 0.841. The number of allylic oxidation sites excluding steroid dienone is 6. The second-order valence-corrected chi connectivity index (χ2v) is 17.1. The molecule has 0 N–H and O–H groups in total. The number of likely N-dealkylation sites (N-methyl/N-ethyl adjacent to an activating group) is 1. The first-order valence-corrected chi connectivity index (χ1v) is 23.2. The van der Waals surface area contributed by atoms with Crippen molar-refractivity contribution in [2.75, 3.05) is 54.1 Å². The van der Waals surface area contributed by atoms with Crippen molar-refractivity contribution in [3.8, 4) is 0 Å². The van der Waals surface area contributed by atoms with E-state index in [1.165, 1.54) is 103 Å². The zero-order valence-electron chi connectivity index (χ0n) is 35.2. The Bertz CT molecular complexity index is 947. The molecular weight excluding hydrogens is 685 g/mol. The van der Waals surface area contributed by atoms with Crippen molar-refractivity contribution in [1.82, 2.24) is 0 Å². The standard InChI is InChI=1S/C44H84NO7P/c1-6-8-10-12-14-16-18-20-22-23-25-27-29-31-33-35-37-44(46)52-43(42-51-53(47,48)50-40-38-45(3,4)5)41-49-39-36-34-32-30-28-26-24-21-19-17-15-13-11-9-7-2/h16,18-19,21-23,43H,6-15,17,20,24-42H2,1-5H3/b18-16-,21-19-,23-22-. The van der Waals surface area contributed by atoms with Gasteiger partial charge in [0.05, 0.1) is 34.4 Å². The summed E-state index contributed by atoms with van der Waals surface area (Å²) in [6.45, 7) is 5.36. The number of carbonyl (C=O) groups is 1. The summed E-state index contributed by atoms with van der Waals surface area (Å²) in [6.07, 6.45) is 42.9. The number of rotatable bonds is 40. The lowest BCUT2D eigenvalue weighted by Gasteiger charge is -2.28. The third-order valence-corrected chi connectivity index (χ3v) is 10.1. The molecule has 8 nitrogen and oxygen atoms in total. The number of quaternary nitrogens is 1. The number of nitrogens with zero attached hydrogens (tertiary/aromatic N) is 1. The normalized spacial score (nSPS) is 14.2. The lowest BCUT2D eigenvalue weighted by atomic mass is 10.1. The minimum absolute atomic E-state index is 0.0218. The number of ether oxygens (including phenoxy) is 2. The molecule has 0 amide bonds. The van der Waals surface area contributed by atoms with E-state index in [2.05, 4.69) is 50.3 Å². The summed E-state index contributed by atoms with van der Waals surface area (Å²) in [5.74, 6) is -0.350. The van der Waals surface area contributed by atoms with Crippen molar-refractivity contribution in [1.29, 1.82) is 0 Å². The van der Waals surface area contributed by atoms with Gasteiger partial charge in [0.25, 0.3) is 7.82 Å². The largest absolute Gasteiger partial charge is 0.756 e. The first-order valence-electron chi connectivity index (χ1n) is 21.7. The maximum absolute atomic E-state index is 12.7. The predicted molar refractivity (Wildman–Crippen MR) is 222 cm³/mol. The molecule has 0 saturated carbocycles. The van der Waals surface area contributed by atoms with E-state index in [9.17, 15) is 14.3 Å². The molecule has 0 aromatic rings. The van der Waals surface area contributed by atoms with Gasteiger partial charge >= 0.3 is 5.97 Å². The van der Waals surface area contributed by atoms with E-state index in [-0.39, 0.29) is 25.8 Å². The Morgan fingerprint density at radius 3 is 1.57 bits per heavy atom. The van der Waals surface area contributed by atoms with E-state index >= 15 is 0 Å². The van der Waals surface area contributed by atoms with Crippen LogP contribution in [-0.4, -0.2) is 70.7 Å². The second kappa shape index (κ2) is 37.6. The average Bonchev–Trinajstić information content (AvgIpc) is 3.11. The van der Waals surface area contributed by atoms with Crippen LogP contribution in [0.15, 0.2) is 36.5 Å². The summed E-state index contributed by atoms with van der Waals surface area (Å²) in [5.41, 5.74) is 0. The minimum Gasteiger partial charge on any atom is -0.756 e. The van der Waals surface area contributed by atoms with Gasteiger partial charge in [-0.25, -0.2) is 0 Å². The molecule has 2 atom stereocenters. The molecule has 0 aromatic heterocycles. The molecule has 0 spiro atoms. The molecule has 0 aliphatic heterocycles. The Morgan fingerprint density at radius 1 is 0.585 bits per heavy atom. The zero-order chi connectivity index (χ0) is 39.1. The van der Waals surface area contributed by atoms with Gasteiger partial charge in [-0.15, -0.1) is 0 Å². The van der Waals surface area contributed by atoms with Crippen molar-refractivity contribution in [3.05, 3.63) is 36.5 Å². The molecule has 0 aliphatic carbocycles. The maximum atomic E-state index is 12.7. The molecule has 9 heteroatoms. The van der Waals surface area contributed by atoms with E-state index in [0.717, 1.165) is 57.8 Å². The van der Waals surface area contributed by atoms with Gasteiger partial charge in [0.2, 0.25) is 0 Å². The van der Waals surface area contributed by atoms with Crippen molar-refractivity contribution in [3.63, 3.8) is 0 Å². The number of phosphoric ester groups is 1. The van der Waals surface area contributed by atoms with Crippen molar-refractivity contribution in [2.24, 2.45) is 0 Å². The Labute approximate surface area is 327 Å². The minimum atomic E-state index is -4.53. The van der Waals surface area contributed by atoms with E-state index in [4.69, 9.17) is 18.5 Å². The highest BCUT2D eigenvalue weighted by molar-refractivity contribution is 7.45. The van der Waals surface area contributed by atoms with E-state index < -0.39 is 13.9 Å². The summed E-state index contributed by atoms with van der Waals surface area (Å²) in [7, 11) is 1.34. The maximum Gasteiger partial charge on any atom is 0.306 e. The van der Waals surface area contributed by atoms with Gasteiger partial charge in [-0.2, -0.15) is 0 Å². The van der Waals surface area contributed by atoms with Crippen molar-refractivity contribution < 1.29 is 37.3 Å². The monoisotopic (exact) mass is 770 g/mol. The fourth-order valence-electron chi connectivity index (χ4n) is 5.75. The van der Waals surface area contributed by atoms with Crippen LogP contribution in [0.2, 0.25) is 0 Å². The lowest BCUT2D eigenvalue weighted by molar-refractivity contribution is -0.870. The number of esters is 1. The molecule has 0 fully saturated rings. The van der Waals surface area contributed by atoms with Gasteiger partial charge in [0.1, 0.15) is 19.3 Å². The first-order chi connectivity index (χ1) is 25.6.